The third-order valence-electron chi connectivity index (χ3n) is 8.70. The van der Waals surface area contributed by atoms with E-state index < -0.39 is 0 Å². The van der Waals surface area contributed by atoms with Crippen LogP contribution in [0.1, 0.15) is 54.5 Å². The molecule has 2 aromatic rings. The van der Waals surface area contributed by atoms with Crippen molar-refractivity contribution in [3.8, 4) is 12.1 Å². The van der Waals surface area contributed by atoms with Gasteiger partial charge in [0.15, 0.2) is 0 Å². The molecule has 1 aromatic heterocycles. The van der Waals surface area contributed by atoms with Crippen LogP contribution in [0.25, 0.3) is 0 Å². The SMILES string of the molecule is CN1CCC[C@H]1COc1nc2c(c(N3CCN[C@@H](CC#N)C3)n1)CCN(c1cccc3c1CCCC3)C2. The molecule has 0 radical (unpaired) electrons. The van der Waals surface area contributed by atoms with Crippen LogP contribution >= 0.6 is 0 Å². The fraction of sp³-hybridized carbons (Fsp3) is 0.621. The zero-order chi connectivity index (χ0) is 25.2. The first kappa shape index (κ1) is 24.4. The van der Waals surface area contributed by atoms with Gasteiger partial charge in [-0.25, -0.2) is 0 Å². The lowest BCUT2D eigenvalue weighted by Gasteiger charge is -2.38. The summed E-state index contributed by atoms with van der Waals surface area (Å²) in [5.74, 6) is 1.01. The van der Waals surface area contributed by atoms with Crippen LogP contribution in [0.3, 0.4) is 0 Å². The number of fused-ring (bicyclic) bond motifs is 2. The second-order valence-corrected chi connectivity index (χ2v) is 11.1. The Balaban J connectivity index is 1.30. The molecule has 4 heterocycles. The number of ether oxygens (including phenoxy) is 1. The van der Waals surface area contributed by atoms with E-state index in [4.69, 9.17) is 14.7 Å². The van der Waals surface area contributed by atoms with Crippen molar-refractivity contribution in [1.82, 2.24) is 20.2 Å². The number of hydrogen-bond donors (Lipinski definition) is 1. The Morgan fingerprint density at radius 2 is 1.97 bits per heavy atom. The van der Waals surface area contributed by atoms with Crippen LogP contribution in [-0.2, 0) is 25.8 Å². The standard InChI is InChI=1S/C29H39N7O/c1-34-15-5-8-23(34)20-37-29-32-26-19-35(27-10-4-7-21-6-2-3-9-24(21)27)16-12-25(26)28(33-29)36-17-14-31-22(18-36)11-13-30/h4,7,10,22-23,31H,2-3,5-6,8-9,11-12,14-20H2,1H3/t22-,23-/m0/s1. The summed E-state index contributed by atoms with van der Waals surface area (Å²) in [6, 6.07) is 10.3. The van der Waals surface area contributed by atoms with Gasteiger partial charge in [0.25, 0.3) is 0 Å². The number of piperazine rings is 1. The van der Waals surface area contributed by atoms with Crippen molar-refractivity contribution in [2.75, 3.05) is 56.2 Å². The van der Waals surface area contributed by atoms with Gasteiger partial charge in [-0.2, -0.15) is 15.2 Å². The summed E-state index contributed by atoms with van der Waals surface area (Å²) in [6.45, 7) is 6.04. The highest BCUT2D eigenvalue weighted by molar-refractivity contribution is 5.61. The minimum absolute atomic E-state index is 0.164. The maximum Gasteiger partial charge on any atom is 0.318 e. The van der Waals surface area contributed by atoms with Crippen LogP contribution in [0, 0.1) is 11.3 Å². The third-order valence-corrected chi connectivity index (χ3v) is 8.70. The molecular formula is C29H39N7O. The average Bonchev–Trinajstić information content (AvgIpc) is 3.35. The number of nitrogens with zero attached hydrogens (tertiary/aromatic N) is 6. The molecule has 0 bridgehead atoms. The lowest BCUT2D eigenvalue weighted by molar-refractivity contribution is 0.187. The molecule has 0 amide bonds. The van der Waals surface area contributed by atoms with Crippen LogP contribution in [-0.4, -0.2) is 73.3 Å². The Kier molecular flexibility index (Phi) is 7.16. The van der Waals surface area contributed by atoms with Crippen molar-refractivity contribution in [2.24, 2.45) is 0 Å². The Bertz CT molecular complexity index is 1160. The number of aromatic nitrogens is 2. The highest BCUT2D eigenvalue weighted by Crippen LogP contribution is 2.35. The molecule has 2 fully saturated rings. The Hall–Kier alpha value is -2.89. The highest BCUT2D eigenvalue weighted by atomic mass is 16.5. The average molecular weight is 502 g/mol. The van der Waals surface area contributed by atoms with E-state index in [1.165, 1.54) is 54.5 Å². The summed E-state index contributed by atoms with van der Waals surface area (Å²) in [5, 5.41) is 12.8. The van der Waals surface area contributed by atoms with Crippen LogP contribution in [0.4, 0.5) is 11.5 Å². The van der Waals surface area contributed by atoms with Crippen LogP contribution in [0.15, 0.2) is 18.2 Å². The normalized spacial score (nSPS) is 23.9. The van der Waals surface area contributed by atoms with Gasteiger partial charge in [0.05, 0.1) is 24.7 Å². The van der Waals surface area contributed by atoms with Crippen molar-refractivity contribution in [3.63, 3.8) is 0 Å². The molecule has 1 N–H and O–H groups in total. The maximum atomic E-state index is 9.26. The second kappa shape index (κ2) is 10.8. The molecule has 3 aliphatic heterocycles. The highest BCUT2D eigenvalue weighted by Gasteiger charge is 2.30. The minimum atomic E-state index is 0.164. The number of rotatable bonds is 6. The molecule has 8 nitrogen and oxygen atoms in total. The molecule has 1 aromatic carbocycles. The smallest absolute Gasteiger partial charge is 0.318 e. The van der Waals surface area contributed by atoms with Gasteiger partial charge in [-0.1, -0.05) is 12.1 Å². The number of nitriles is 1. The van der Waals surface area contributed by atoms with Gasteiger partial charge in [0.1, 0.15) is 12.4 Å². The number of nitrogens with one attached hydrogen (secondary N) is 1. The van der Waals surface area contributed by atoms with Crippen molar-refractivity contribution in [2.45, 2.75) is 70.0 Å². The van der Waals surface area contributed by atoms with Gasteiger partial charge in [-0.3, -0.25) is 0 Å². The molecule has 4 aliphatic rings. The second-order valence-electron chi connectivity index (χ2n) is 11.1. The van der Waals surface area contributed by atoms with E-state index in [-0.39, 0.29) is 6.04 Å². The number of aryl methyl sites for hydroxylation is 1. The molecule has 8 heteroatoms. The van der Waals surface area contributed by atoms with E-state index in [2.05, 4.69) is 51.3 Å². The predicted molar refractivity (Wildman–Crippen MR) is 145 cm³/mol. The first-order valence-corrected chi connectivity index (χ1v) is 14.1. The van der Waals surface area contributed by atoms with Gasteiger partial charge in [0.2, 0.25) is 0 Å². The van der Waals surface area contributed by atoms with Gasteiger partial charge >= 0.3 is 6.01 Å². The summed E-state index contributed by atoms with van der Waals surface area (Å²) < 4.78 is 6.29. The van der Waals surface area contributed by atoms with E-state index in [0.29, 0.717) is 25.1 Å². The molecule has 2 atom stereocenters. The summed E-state index contributed by atoms with van der Waals surface area (Å²) in [7, 11) is 2.18. The van der Waals surface area contributed by atoms with E-state index in [1.54, 1.807) is 0 Å². The van der Waals surface area contributed by atoms with Crippen molar-refractivity contribution < 1.29 is 4.74 Å². The van der Waals surface area contributed by atoms with Crippen LogP contribution < -0.4 is 19.9 Å². The largest absolute Gasteiger partial charge is 0.462 e. The van der Waals surface area contributed by atoms with E-state index in [9.17, 15) is 5.26 Å². The third kappa shape index (κ3) is 5.12. The molecule has 37 heavy (non-hydrogen) atoms. The lowest BCUT2D eigenvalue weighted by atomic mass is 9.89. The van der Waals surface area contributed by atoms with Crippen LogP contribution in [0.5, 0.6) is 6.01 Å². The lowest BCUT2D eigenvalue weighted by Crippen LogP contribution is -2.51. The fourth-order valence-electron chi connectivity index (χ4n) is 6.60. The minimum Gasteiger partial charge on any atom is -0.462 e. The predicted octanol–water partition coefficient (Wildman–Crippen LogP) is 3.08. The molecule has 6 rings (SSSR count). The summed E-state index contributed by atoms with van der Waals surface area (Å²) in [5.41, 5.74) is 6.79. The summed E-state index contributed by atoms with van der Waals surface area (Å²) >= 11 is 0. The first-order valence-electron chi connectivity index (χ1n) is 14.1. The number of likely N-dealkylation sites (N-methyl/N-ethyl adjacent to an activating group) is 1. The molecule has 196 valence electrons. The molecule has 0 spiro atoms. The van der Waals surface area contributed by atoms with Gasteiger partial charge in [0, 0.05) is 49.5 Å². The van der Waals surface area contributed by atoms with Gasteiger partial charge in [-0.05, 0) is 75.7 Å². The van der Waals surface area contributed by atoms with E-state index in [1.807, 2.05) is 0 Å². The topological polar surface area (TPSA) is 80.5 Å². The van der Waals surface area contributed by atoms with Crippen molar-refractivity contribution in [3.05, 3.63) is 40.6 Å². The van der Waals surface area contributed by atoms with Gasteiger partial charge < -0.3 is 24.8 Å². The van der Waals surface area contributed by atoms with Crippen molar-refractivity contribution >= 4 is 11.5 Å². The summed E-state index contributed by atoms with van der Waals surface area (Å²) in [6.07, 6.45) is 8.76. The first-order chi connectivity index (χ1) is 18.2. The molecule has 0 saturated carbocycles. The Labute approximate surface area is 220 Å². The van der Waals surface area contributed by atoms with Crippen molar-refractivity contribution in [1.29, 1.82) is 5.26 Å². The fourth-order valence-corrected chi connectivity index (χ4v) is 6.60. The zero-order valence-electron chi connectivity index (χ0n) is 22.1. The monoisotopic (exact) mass is 501 g/mol. The Morgan fingerprint density at radius 3 is 2.84 bits per heavy atom. The number of hydrogen-bond acceptors (Lipinski definition) is 8. The molecule has 1 aliphatic carbocycles. The Morgan fingerprint density at radius 1 is 1.05 bits per heavy atom. The summed E-state index contributed by atoms with van der Waals surface area (Å²) in [4.78, 5) is 17.3. The number of benzene rings is 1. The van der Waals surface area contributed by atoms with E-state index in [0.717, 1.165) is 63.6 Å². The molecular weight excluding hydrogens is 462 g/mol. The molecule has 0 unspecified atom stereocenters. The number of anilines is 2. The van der Waals surface area contributed by atoms with Crippen LogP contribution in [0.2, 0.25) is 0 Å². The zero-order valence-corrected chi connectivity index (χ0v) is 22.1. The van der Waals surface area contributed by atoms with E-state index >= 15 is 0 Å². The van der Waals surface area contributed by atoms with Gasteiger partial charge in [-0.15, -0.1) is 0 Å². The molecule has 2 saturated heterocycles. The quantitative estimate of drug-likeness (QED) is 0.647. The number of likely N-dealkylation sites (tertiary alicyclic amines) is 1. The maximum absolute atomic E-state index is 9.26.